The molecular weight excluding hydrogens is 222 g/mol. The van der Waals surface area contributed by atoms with Gasteiger partial charge < -0.3 is 10.6 Å². The van der Waals surface area contributed by atoms with Crippen LogP contribution in [0.25, 0.3) is 0 Å². The molecule has 0 bridgehead atoms. The minimum atomic E-state index is 0.245. The van der Waals surface area contributed by atoms with Crippen LogP contribution in [0, 0.1) is 0 Å². The molecule has 102 valence electrons. The van der Waals surface area contributed by atoms with E-state index in [4.69, 9.17) is 5.73 Å². The molecule has 0 spiro atoms. The van der Waals surface area contributed by atoms with Gasteiger partial charge in [-0.1, -0.05) is 26.8 Å². The fourth-order valence-electron chi connectivity index (χ4n) is 2.22. The largest absolute Gasteiger partial charge is 0.357 e. The Labute approximate surface area is 111 Å². The van der Waals surface area contributed by atoms with E-state index in [0.717, 1.165) is 31.5 Å². The van der Waals surface area contributed by atoms with Gasteiger partial charge in [-0.25, -0.2) is 4.98 Å². The molecule has 0 saturated carbocycles. The normalized spacial score (nSPS) is 12.8. The second-order valence-electron chi connectivity index (χ2n) is 4.98. The third-order valence-electron chi connectivity index (χ3n) is 3.68. The van der Waals surface area contributed by atoms with Crippen molar-refractivity contribution in [1.29, 1.82) is 0 Å². The van der Waals surface area contributed by atoms with Crippen LogP contribution in [0.5, 0.6) is 0 Å². The summed E-state index contributed by atoms with van der Waals surface area (Å²) < 4.78 is 0. The number of pyridine rings is 1. The smallest absolute Gasteiger partial charge is 0.128 e. The summed E-state index contributed by atoms with van der Waals surface area (Å²) in [6.45, 7) is 6.56. The Bertz CT molecular complexity index is 330. The fraction of sp³-hybridized carbons (Fsp3) is 0.667. The summed E-state index contributed by atoms with van der Waals surface area (Å²) in [5.41, 5.74) is 7.18. The highest BCUT2D eigenvalue weighted by molar-refractivity contribution is 5.39. The third kappa shape index (κ3) is 3.98. The number of nitrogens with two attached hydrogens (primary N) is 1. The Morgan fingerprint density at radius 2 is 1.83 bits per heavy atom. The third-order valence-corrected chi connectivity index (χ3v) is 3.68. The van der Waals surface area contributed by atoms with Crippen LogP contribution in [0.4, 0.5) is 5.82 Å². The summed E-state index contributed by atoms with van der Waals surface area (Å²) in [6.07, 6.45) is 6.19. The Balaban J connectivity index is 2.70. The summed E-state index contributed by atoms with van der Waals surface area (Å²) in [5.74, 6) is 1.05. The first-order valence-electron chi connectivity index (χ1n) is 7.05. The lowest BCUT2D eigenvalue weighted by Gasteiger charge is -2.27. The zero-order valence-corrected chi connectivity index (χ0v) is 12.2. The van der Waals surface area contributed by atoms with E-state index in [0.29, 0.717) is 6.04 Å². The Morgan fingerprint density at radius 1 is 1.17 bits per heavy atom. The van der Waals surface area contributed by atoms with E-state index in [2.05, 4.69) is 49.8 Å². The number of aromatic nitrogens is 1. The van der Waals surface area contributed by atoms with Crippen molar-refractivity contribution in [3.05, 3.63) is 23.9 Å². The maximum absolute atomic E-state index is 5.96. The number of hydrogen-bond acceptors (Lipinski definition) is 3. The van der Waals surface area contributed by atoms with Gasteiger partial charge >= 0.3 is 0 Å². The number of anilines is 1. The molecule has 0 aliphatic heterocycles. The molecule has 0 saturated heterocycles. The van der Waals surface area contributed by atoms with Crippen molar-refractivity contribution in [3.8, 4) is 0 Å². The van der Waals surface area contributed by atoms with Crippen LogP contribution < -0.4 is 10.6 Å². The van der Waals surface area contributed by atoms with Gasteiger partial charge in [-0.05, 0) is 37.3 Å². The van der Waals surface area contributed by atoms with Crippen LogP contribution in [0.1, 0.15) is 45.6 Å². The Hall–Kier alpha value is -1.09. The summed E-state index contributed by atoms with van der Waals surface area (Å²) >= 11 is 0. The van der Waals surface area contributed by atoms with Crippen molar-refractivity contribution in [1.82, 2.24) is 4.98 Å². The van der Waals surface area contributed by atoms with Crippen molar-refractivity contribution in [2.24, 2.45) is 5.73 Å². The lowest BCUT2D eigenvalue weighted by molar-refractivity contribution is 0.586. The van der Waals surface area contributed by atoms with E-state index >= 15 is 0 Å². The first-order chi connectivity index (χ1) is 8.62. The van der Waals surface area contributed by atoms with Gasteiger partial charge in [0.2, 0.25) is 0 Å². The molecule has 1 aromatic heterocycles. The summed E-state index contributed by atoms with van der Waals surface area (Å²) in [7, 11) is 2.12. The van der Waals surface area contributed by atoms with Crippen molar-refractivity contribution in [3.63, 3.8) is 0 Å². The molecule has 1 rings (SSSR count). The summed E-state index contributed by atoms with van der Waals surface area (Å²) in [4.78, 5) is 6.82. The minimum Gasteiger partial charge on any atom is -0.357 e. The maximum atomic E-state index is 5.96. The molecule has 3 heteroatoms. The first-order valence-corrected chi connectivity index (χ1v) is 7.05. The minimum absolute atomic E-state index is 0.245. The average molecular weight is 249 g/mol. The van der Waals surface area contributed by atoms with Crippen molar-refractivity contribution < 1.29 is 0 Å². The lowest BCUT2D eigenvalue weighted by Crippen LogP contribution is -2.31. The molecule has 18 heavy (non-hydrogen) atoms. The lowest BCUT2D eigenvalue weighted by atomic mass is 10.1. The Kier molecular flexibility index (Phi) is 6.13. The quantitative estimate of drug-likeness (QED) is 0.807. The second kappa shape index (κ2) is 7.37. The molecule has 3 nitrogen and oxygen atoms in total. The van der Waals surface area contributed by atoms with E-state index in [-0.39, 0.29) is 6.04 Å². The number of rotatable bonds is 7. The predicted octanol–water partition coefficient (Wildman–Crippen LogP) is 2.99. The molecular formula is C15H27N3. The molecule has 1 heterocycles. The van der Waals surface area contributed by atoms with Gasteiger partial charge in [-0.3, -0.25) is 0 Å². The monoisotopic (exact) mass is 249 g/mol. The molecule has 2 N–H and O–H groups in total. The van der Waals surface area contributed by atoms with Crippen LogP contribution in [0.3, 0.4) is 0 Å². The van der Waals surface area contributed by atoms with Crippen LogP contribution in [0.15, 0.2) is 18.3 Å². The second-order valence-corrected chi connectivity index (χ2v) is 4.98. The summed E-state index contributed by atoms with van der Waals surface area (Å²) in [5, 5.41) is 0. The zero-order chi connectivity index (χ0) is 13.5. The standard InChI is InChI=1S/C15H27N3/c1-5-13(16)10-12-8-9-15(17-11-12)18(4)14(6-2)7-3/h8-9,11,13-14H,5-7,10,16H2,1-4H3. The molecule has 1 atom stereocenters. The molecule has 1 aromatic rings. The molecule has 0 aliphatic carbocycles. The van der Waals surface area contributed by atoms with Gasteiger partial charge in [-0.15, -0.1) is 0 Å². The topological polar surface area (TPSA) is 42.1 Å². The highest BCUT2D eigenvalue weighted by Gasteiger charge is 2.12. The maximum Gasteiger partial charge on any atom is 0.128 e. The van der Waals surface area contributed by atoms with Gasteiger partial charge in [0.15, 0.2) is 0 Å². The average Bonchev–Trinajstić information content (AvgIpc) is 2.40. The van der Waals surface area contributed by atoms with Crippen LogP contribution in [0.2, 0.25) is 0 Å². The van der Waals surface area contributed by atoms with Crippen molar-refractivity contribution in [2.45, 2.75) is 58.5 Å². The Morgan fingerprint density at radius 3 is 2.28 bits per heavy atom. The molecule has 0 radical (unpaired) electrons. The van der Waals surface area contributed by atoms with E-state index in [1.54, 1.807) is 0 Å². The van der Waals surface area contributed by atoms with Gasteiger partial charge in [0.25, 0.3) is 0 Å². The van der Waals surface area contributed by atoms with Gasteiger partial charge in [0.1, 0.15) is 5.82 Å². The molecule has 0 fully saturated rings. The zero-order valence-electron chi connectivity index (χ0n) is 12.2. The first kappa shape index (κ1) is 15.0. The molecule has 0 aliphatic rings. The van der Waals surface area contributed by atoms with Gasteiger partial charge in [0, 0.05) is 25.3 Å². The van der Waals surface area contributed by atoms with E-state index in [1.165, 1.54) is 5.56 Å². The van der Waals surface area contributed by atoms with E-state index in [9.17, 15) is 0 Å². The van der Waals surface area contributed by atoms with Crippen molar-refractivity contribution >= 4 is 5.82 Å². The van der Waals surface area contributed by atoms with Crippen LogP contribution in [-0.2, 0) is 6.42 Å². The molecule has 1 unspecified atom stereocenters. The SMILES string of the molecule is CCC(N)Cc1ccc(N(C)C(CC)CC)nc1. The van der Waals surface area contributed by atoms with Gasteiger partial charge in [-0.2, -0.15) is 0 Å². The predicted molar refractivity (Wildman–Crippen MR) is 79.0 cm³/mol. The fourth-order valence-corrected chi connectivity index (χ4v) is 2.22. The molecule has 0 amide bonds. The van der Waals surface area contributed by atoms with Gasteiger partial charge in [0.05, 0.1) is 0 Å². The van der Waals surface area contributed by atoms with Crippen molar-refractivity contribution in [2.75, 3.05) is 11.9 Å². The molecule has 0 aromatic carbocycles. The van der Waals surface area contributed by atoms with E-state index in [1.807, 2.05) is 6.20 Å². The van der Waals surface area contributed by atoms with Crippen LogP contribution >= 0.6 is 0 Å². The summed E-state index contributed by atoms with van der Waals surface area (Å²) in [6, 6.07) is 5.07. The van der Waals surface area contributed by atoms with E-state index < -0.39 is 0 Å². The highest BCUT2D eigenvalue weighted by Crippen LogP contribution is 2.16. The number of nitrogens with zero attached hydrogens (tertiary/aromatic N) is 2. The highest BCUT2D eigenvalue weighted by atomic mass is 15.2. The number of hydrogen-bond donors (Lipinski definition) is 1. The van der Waals surface area contributed by atoms with Crippen LogP contribution in [-0.4, -0.2) is 24.1 Å².